The van der Waals surface area contributed by atoms with E-state index in [9.17, 15) is 4.79 Å². The highest BCUT2D eigenvalue weighted by atomic mass is 35.5. The first-order valence-corrected chi connectivity index (χ1v) is 7.42. The number of pyridine rings is 1. The summed E-state index contributed by atoms with van der Waals surface area (Å²) in [4.78, 5) is 17.3. The molecule has 100 valence electrons. The number of nitrogens with one attached hydrogen (secondary N) is 1. The van der Waals surface area contributed by atoms with Crippen LogP contribution >= 0.6 is 22.9 Å². The van der Waals surface area contributed by atoms with Crippen LogP contribution in [0.1, 0.15) is 41.0 Å². The van der Waals surface area contributed by atoms with Gasteiger partial charge in [-0.25, -0.2) is 0 Å². The minimum atomic E-state index is -0.176. The molecule has 0 aliphatic carbocycles. The molecule has 0 aromatic carbocycles. The molecule has 0 spiro atoms. The summed E-state index contributed by atoms with van der Waals surface area (Å²) in [5, 5.41) is 5.46. The van der Waals surface area contributed by atoms with E-state index in [0.717, 1.165) is 17.7 Å². The van der Waals surface area contributed by atoms with Crippen molar-refractivity contribution >= 4 is 28.8 Å². The van der Waals surface area contributed by atoms with Crippen molar-refractivity contribution in [2.45, 2.75) is 25.8 Å². The molecule has 0 saturated carbocycles. The van der Waals surface area contributed by atoms with Crippen molar-refractivity contribution in [3.05, 3.63) is 51.4 Å². The molecule has 2 aromatic rings. The molecule has 0 bridgehead atoms. The van der Waals surface area contributed by atoms with Crippen LogP contribution in [0, 0.1) is 0 Å². The number of rotatable bonds is 5. The minimum absolute atomic E-state index is 0.0359. The molecule has 0 fully saturated rings. The number of carbonyl (C=O) groups is 1. The molecule has 0 saturated heterocycles. The highest BCUT2D eigenvalue weighted by Crippen LogP contribution is 2.24. The maximum Gasteiger partial charge on any atom is 0.254 e. The van der Waals surface area contributed by atoms with E-state index in [-0.39, 0.29) is 11.9 Å². The maximum absolute atomic E-state index is 12.2. The summed E-state index contributed by atoms with van der Waals surface area (Å²) in [5.41, 5.74) is 0.418. The Bertz CT molecular complexity index is 542. The Labute approximate surface area is 121 Å². The van der Waals surface area contributed by atoms with Gasteiger partial charge in [-0.1, -0.05) is 31.0 Å². The van der Waals surface area contributed by atoms with Crippen molar-refractivity contribution in [3.63, 3.8) is 0 Å². The lowest BCUT2D eigenvalue weighted by Crippen LogP contribution is -2.28. The number of thiophene rings is 1. The summed E-state index contributed by atoms with van der Waals surface area (Å²) in [6.07, 6.45) is 4.98. The maximum atomic E-state index is 12.2. The molecule has 3 nitrogen and oxygen atoms in total. The van der Waals surface area contributed by atoms with Crippen molar-refractivity contribution in [2.75, 3.05) is 0 Å². The smallest absolute Gasteiger partial charge is 0.254 e. The fraction of sp³-hybridized carbons (Fsp3) is 0.286. The number of aromatic nitrogens is 1. The number of carbonyl (C=O) groups excluding carboxylic acids is 1. The van der Waals surface area contributed by atoms with Gasteiger partial charge in [-0.2, -0.15) is 0 Å². The molecule has 2 aromatic heterocycles. The minimum Gasteiger partial charge on any atom is -0.344 e. The molecule has 1 unspecified atom stereocenters. The van der Waals surface area contributed by atoms with Crippen LogP contribution in [0.5, 0.6) is 0 Å². The number of amides is 1. The van der Waals surface area contributed by atoms with Gasteiger partial charge in [-0.3, -0.25) is 9.78 Å². The summed E-state index contributed by atoms with van der Waals surface area (Å²) in [6, 6.07) is 5.69. The van der Waals surface area contributed by atoms with E-state index in [2.05, 4.69) is 17.2 Å². The molecule has 2 heterocycles. The number of halogens is 1. The first kappa shape index (κ1) is 14.0. The fourth-order valence-corrected chi connectivity index (χ4v) is 2.85. The largest absolute Gasteiger partial charge is 0.344 e. The Morgan fingerprint density at radius 1 is 1.53 bits per heavy atom. The first-order chi connectivity index (χ1) is 9.22. The molecular formula is C14H15ClN2OS. The van der Waals surface area contributed by atoms with Crippen molar-refractivity contribution in [1.82, 2.24) is 10.3 Å². The average Bonchev–Trinajstić information content (AvgIpc) is 2.92. The molecule has 0 radical (unpaired) electrons. The van der Waals surface area contributed by atoms with Gasteiger partial charge in [0.25, 0.3) is 5.91 Å². The summed E-state index contributed by atoms with van der Waals surface area (Å²) in [5.74, 6) is -0.176. The third kappa shape index (κ3) is 3.55. The summed E-state index contributed by atoms with van der Waals surface area (Å²) in [7, 11) is 0. The number of nitrogens with zero attached hydrogens (tertiary/aromatic N) is 1. The van der Waals surface area contributed by atoms with E-state index >= 15 is 0 Å². The van der Waals surface area contributed by atoms with Gasteiger partial charge in [0.2, 0.25) is 0 Å². The predicted octanol–water partition coefficient (Wildman–Crippen LogP) is 4.07. The van der Waals surface area contributed by atoms with Gasteiger partial charge in [-0.05, 0) is 23.9 Å². The monoisotopic (exact) mass is 294 g/mol. The Morgan fingerprint density at radius 2 is 2.37 bits per heavy atom. The second-order valence-electron chi connectivity index (χ2n) is 4.19. The van der Waals surface area contributed by atoms with Crippen LogP contribution in [0.2, 0.25) is 5.02 Å². The van der Waals surface area contributed by atoms with Crippen molar-refractivity contribution < 1.29 is 4.79 Å². The van der Waals surface area contributed by atoms with Gasteiger partial charge in [0.1, 0.15) is 0 Å². The summed E-state index contributed by atoms with van der Waals surface area (Å²) >= 11 is 7.66. The van der Waals surface area contributed by atoms with Crippen molar-refractivity contribution in [1.29, 1.82) is 0 Å². The van der Waals surface area contributed by atoms with Crippen molar-refractivity contribution in [2.24, 2.45) is 0 Å². The quantitative estimate of drug-likeness (QED) is 0.903. The third-order valence-electron chi connectivity index (χ3n) is 2.78. The molecule has 5 heteroatoms. The van der Waals surface area contributed by atoms with Crippen LogP contribution < -0.4 is 5.32 Å². The molecule has 1 N–H and O–H groups in total. The lowest BCUT2D eigenvalue weighted by atomic mass is 10.1. The Morgan fingerprint density at radius 3 is 3.00 bits per heavy atom. The van der Waals surface area contributed by atoms with E-state index in [1.54, 1.807) is 23.6 Å². The van der Waals surface area contributed by atoms with Crippen LogP contribution in [-0.4, -0.2) is 10.9 Å². The van der Waals surface area contributed by atoms with E-state index in [0.29, 0.717) is 10.6 Å². The Balaban J connectivity index is 2.14. The van der Waals surface area contributed by atoms with E-state index in [1.807, 2.05) is 17.5 Å². The molecule has 1 amide bonds. The fourth-order valence-electron chi connectivity index (χ4n) is 1.84. The molecular weight excluding hydrogens is 280 g/mol. The number of hydrogen-bond donors (Lipinski definition) is 1. The second-order valence-corrected chi connectivity index (χ2v) is 5.57. The van der Waals surface area contributed by atoms with Crippen LogP contribution in [0.3, 0.4) is 0 Å². The van der Waals surface area contributed by atoms with Crippen LogP contribution in [0.15, 0.2) is 36.0 Å². The van der Waals surface area contributed by atoms with Gasteiger partial charge < -0.3 is 5.32 Å². The van der Waals surface area contributed by atoms with E-state index < -0.39 is 0 Å². The van der Waals surface area contributed by atoms with Gasteiger partial charge in [0.05, 0.1) is 16.6 Å². The lowest BCUT2D eigenvalue weighted by Gasteiger charge is -2.17. The summed E-state index contributed by atoms with van der Waals surface area (Å²) in [6.45, 7) is 2.10. The standard InChI is InChI=1S/C14H15ClN2OS/c1-2-4-12(13-5-3-8-19-13)17-14(18)10-9-16-7-6-11(10)15/h3,5-9,12H,2,4H2,1H3,(H,17,18). The molecule has 0 aliphatic heterocycles. The summed E-state index contributed by atoms with van der Waals surface area (Å²) < 4.78 is 0. The van der Waals surface area contributed by atoms with Gasteiger partial charge in [0.15, 0.2) is 0 Å². The van der Waals surface area contributed by atoms with Gasteiger partial charge >= 0.3 is 0 Å². The zero-order valence-electron chi connectivity index (χ0n) is 10.6. The highest BCUT2D eigenvalue weighted by molar-refractivity contribution is 7.10. The topological polar surface area (TPSA) is 42.0 Å². The first-order valence-electron chi connectivity index (χ1n) is 6.16. The van der Waals surface area contributed by atoms with E-state index in [4.69, 9.17) is 11.6 Å². The molecule has 0 aliphatic rings. The molecule has 2 rings (SSSR count). The molecule has 19 heavy (non-hydrogen) atoms. The predicted molar refractivity (Wildman–Crippen MR) is 78.7 cm³/mol. The van der Waals surface area contributed by atoms with Crippen LogP contribution in [0.25, 0.3) is 0 Å². The Kier molecular flexibility index (Phi) is 4.93. The van der Waals surface area contributed by atoms with Crippen molar-refractivity contribution in [3.8, 4) is 0 Å². The van der Waals surface area contributed by atoms with Crippen LogP contribution in [-0.2, 0) is 0 Å². The lowest BCUT2D eigenvalue weighted by molar-refractivity contribution is 0.0935. The zero-order chi connectivity index (χ0) is 13.7. The van der Waals surface area contributed by atoms with Crippen LogP contribution in [0.4, 0.5) is 0 Å². The van der Waals surface area contributed by atoms with Gasteiger partial charge in [-0.15, -0.1) is 11.3 Å². The highest BCUT2D eigenvalue weighted by Gasteiger charge is 2.17. The molecule has 1 atom stereocenters. The second kappa shape index (κ2) is 6.68. The van der Waals surface area contributed by atoms with Gasteiger partial charge in [0, 0.05) is 17.3 Å². The number of hydrogen-bond acceptors (Lipinski definition) is 3. The average molecular weight is 295 g/mol. The SMILES string of the molecule is CCCC(NC(=O)c1cnccc1Cl)c1cccs1. The normalized spacial score (nSPS) is 12.1. The zero-order valence-corrected chi connectivity index (χ0v) is 12.2. The Hall–Kier alpha value is -1.39. The van der Waals surface area contributed by atoms with E-state index in [1.165, 1.54) is 6.20 Å². The third-order valence-corrected chi connectivity index (χ3v) is 4.10.